The largest absolute Gasteiger partial charge is 0.396 e. The van der Waals surface area contributed by atoms with E-state index < -0.39 is 0 Å². The van der Waals surface area contributed by atoms with Crippen LogP contribution in [0.25, 0.3) is 0 Å². The van der Waals surface area contributed by atoms with Crippen LogP contribution >= 0.6 is 27.5 Å². The highest BCUT2D eigenvalue weighted by Gasteiger charge is 2.25. The van der Waals surface area contributed by atoms with E-state index in [2.05, 4.69) is 31.2 Å². The fourth-order valence-electron chi connectivity index (χ4n) is 2.24. The van der Waals surface area contributed by atoms with Crippen molar-refractivity contribution < 1.29 is 5.11 Å². The zero-order valence-corrected chi connectivity index (χ0v) is 11.7. The first-order valence-electron chi connectivity index (χ1n) is 5.75. The van der Waals surface area contributed by atoms with E-state index in [4.69, 9.17) is 11.6 Å². The van der Waals surface area contributed by atoms with Crippen LogP contribution in [0.4, 0.5) is 5.82 Å². The first kappa shape index (κ1) is 13.1. The van der Waals surface area contributed by atoms with Crippen molar-refractivity contribution in [3.8, 4) is 0 Å². The van der Waals surface area contributed by atoms with Crippen molar-refractivity contribution in [3.05, 3.63) is 16.0 Å². The van der Waals surface area contributed by atoms with Crippen LogP contribution in [0.2, 0.25) is 5.15 Å². The quantitative estimate of drug-likeness (QED) is 0.841. The molecular formula is C11H15BrClN3O. The van der Waals surface area contributed by atoms with Crippen molar-refractivity contribution >= 4 is 33.3 Å². The highest BCUT2D eigenvalue weighted by atomic mass is 79.9. The van der Waals surface area contributed by atoms with Gasteiger partial charge < -0.3 is 10.4 Å². The summed E-state index contributed by atoms with van der Waals surface area (Å²) in [7, 11) is 0. The normalized spacial score (nSPS) is 24.6. The lowest BCUT2D eigenvalue weighted by atomic mass is 9.85. The molecule has 0 amide bonds. The van der Waals surface area contributed by atoms with Crippen LogP contribution in [-0.4, -0.2) is 27.7 Å². The summed E-state index contributed by atoms with van der Waals surface area (Å²) in [6, 6.07) is 0.260. The first-order chi connectivity index (χ1) is 8.22. The molecule has 2 atom stereocenters. The van der Waals surface area contributed by atoms with Crippen molar-refractivity contribution in [2.24, 2.45) is 5.92 Å². The number of hydrogen-bond donors (Lipinski definition) is 2. The zero-order valence-electron chi connectivity index (χ0n) is 9.37. The van der Waals surface area contributed by atoms with Crippen molar-refractivity contribution in [2.45, 2.75) is 31.7 Å². The van der Waals surface area contributed by atoms with E-state index in [0.717, 1.165) is 12.8 Å². The number of anilines is 1. The van der Waals surface area contributed by atoms with Gasteiger partial charge in [0, 0.05) is 18.6 Å². The van der Waals surface area contributed by atoms with Crippen LogP contribution in [0.1, 0.15) is 25.7 Å². The topological polar surface area (TPSA) is 58.0 Å². The van der Waals surface area contributed by atoms with Crippen LogP contribution in [0.15, 0.2) is 10.8 Å². The fourth-order valence-corrected chi connectivity index (χ4v) is 2.69. The number of halogens is 2. The Kier molecular flexibility index (Phi) is 4.59. The van der Waals surface area contributed by atoms with Gasteiger partial charge in [0.15, 0.2) is 0 Å². The number of aliphatic hydroxyl groups is 1. The lowest BCUT2D eigenvalue weighted by molar-refractivity contribution is 0.178. The molecule has 2 N–H and O–H groups in total. The second kappa shape index (κ2) is 5.98. The predicted octanol–water partition coefficient (Wildman–Crippen LogP) is 2.86. The van der Waals surface area contributed by atoms with E-state index in [9.17, 15) is 5.11 Å². The molecule has 1 aromatic heterocycles. The SMILES string of the molecule is OCC1CCCCC1Nc1ncnc(Cl)c1Br. The number of aromatic nitrogens is 2. The molecule has 1 aliphatic rings. The number of nitrogens with zero attached hydrogens (tertiary/aromatic N) is 2. The minimum atomic E-state index is 0.216. The molecule has 17 heavy (non-hydrogen) atoms. The standard InChI is InChI=1S/C11H15BrClN3O/c12-9-10(13)14-6-15-11(9)16-8-4-2-1-3-7(8)5-17/h6-8,17H,1-5H2,(H,14,15,16). The Hall–Kier alpha value is -0.390. The van der Waals surface area contributed by atoms with Gasteiger partial charge in [-0.3, -0.25) is 0 Å². The highest BCUT2D eigenvalue weighted by molar-refractivity contribution is 9.10. The van der Waals surface area contributed by atoms with Gasteiger partial charge in [-0.25, -0.2) is 9.97 Å². The molecule has 1 fully saturated rings. The third kappa shape index (κ3) is 3.09. The van der Waals surface area contributed by atoms with E-state index in [1.54, 1.807) is 0 Å². The smallest absolute Gasteiger partial charge is 0.148 e. The number of rotatable bonds is 3. The second-order valence-electron chi connectivity index (χ2n) is 4.31. The zero-order chi connectivity index (χ0) is 12.3. The average molecular weight is 321 g/mol. The minimum absolute atomic E-state index is 0.216. The van der Waals surface area contributed by atoms with Gasteiger partial charge in [-0.05, 0) is 28.8 Å². The van der Waals surface area contributed by atoms with Gasteiger partial charge in [0.1, 0.15) is 17.3 Å². The summed E-state index contributed by atoms with van der Waals surface area (Å²) in [5.74, 6) is 1.000. The van der Waals surface area contributed by atoms with E-state index >= 15 is 0 Å². The van der Waals surface area contributed by atoms with Gasteiger partial charge in [0.25, 0.3) is 0 Å². The summed E-state index contributed by atoms with van der Waals surface area (Å²) >= 11 is 9.28. The van der Waals surface area contributed by atoms with Crippen molar-refractivity contribution in [2.75, 3.05) is 11.9 Å². The Morgan fingerprint density at radius 1 is 1.41 bits per heavy atom. The molecule has 0 aliphatic heterocycles. The molecule has 2 rings (SSSR count). The first-order valence-corrected chi connectivity index (χ1v) is 6.93. The summed E-state index contributed by atoms with van der Waals surface area (Å²) in [6.07, 6.45) is 5.93. The summed E-state index contributed by atoms with van der Waals surface area (Å²) in [4.78, 5) is 8.06. The van der Waals surface area contributed by atoms with Crippen molar-refractivity contribution in [1.29, 1.82) is 0 Å². The molecule has 1 saturated carbocycles. The van der Waals surface area contributed by atoms with Gasteiger partial charge in [-0.1, -0.05) is 24.4 Å². The van der Waals surface area contributed by atoms with Gasteiger partial charge in [0.2, 0.25) is 0 Å². The van der Waals surface area contributed by atoms with Crippen molar-refractivity contribution in [1.82, 2.24) is 9.97 Å². The lowest BCUT2D eigenvalue weighted by Crippen LogP contribution is -2.34. The number of aliphatic hydroxyl groups excluding tert-OH is 1. The maximum atomic E-state index is 9.35. The van der Waals surface area contributed by atoms with E-state index in [1.807, 2.05) is 0 Å². The molecule has 6 heteroatoms. The molecule has 0 bridgehead atoms. The Balaban J connectivity index is 2.11. The van der Waals surface area contributed by atoms with Crippen LogP contribution in [0, 0.1) is 5.92 Å². The molecule has 0 saturated heterocycles. The third-order valence-electron chi connectivity index (χ3n) is 3.21. The Morgan fingerprint density at radius 2 is 2.18 bits per heavy atom. The lowest BCUT2D eigenvalue weighted by Gasteiger charge is -2.31. The maximum Gasteiger partial charge on any atom is 0.148 e. The maximum absolute atomic E-state index is 9.35. The van der Waals surface area contributed by atoms with Gasteiger partial charge in [0.05, 0.1) is 4.47 Å². The van der Waals surface area contributed by atoms with E-state index in [-0.39, 0.29) is 12.6 Å². The second-order valence-corrected chi connectivity index (χ2v) is 5.46. The van der Waals surface area contributed by atoms with Crippen LogP contribution in [0.5, 0.6) is 0 Å². The molecule has 94 valence electrons. The van der Waals surface area contributed by atoms with Crippen LogP contribution in [0.3, 0.4) is 0 Å². The molecule has 0 radical (unpaired) electrons. The fraction of sp³-hybridized carbons (Fsp3) is 0.636. The van der Waals surface area contributed by atoms with Gasteiger partial charge in [-0.2, -0.15) is 0 Å². The molecule has 0 spiro atoms. The van der Waals surface area contributed by atoms with Crippen LogP contribution < -0.4 is 5.32 Å². The Morgan fingerprint density at radius 3 is 2.94 bits per heavy atom. The highest BCUT2D eigenvalue weighted by Crippen LogP contribution is 2.31. The minimum Gasteiger partial charge on any atom is -0.396 e. The van der Waals surface area contributed by atoms with Crippen LogP contribution in [-0.2, 0) is 0 Å². The molecule has 1 heterocycles. The molecule has 0 aromatic carbocycles. The monoisotopic (exact) mass is 319 g/mol. The predicted molar refractivity (Wildman–Crippen MR) is 71.2 cm³/mol. The Labute approximate surface area is 114 Å². The summed E-state index contributed by atoms with van der Waals surface area (Å²) in [5, 5.41) is 13.1. The van der Waals surface area contributed by atoms with E-state index in [1.165, 1.54) is 19.2 Å². The summed E-state index contributed by atoms with van der Waals surface area (Å²) in [6.45, 7) is 0.216. The van der Waals surface area contributed by atoms with Crippen molar-refractivity contribution in [3.63, 3.8) is 0 Å². The number of hydrogen-bond acceptors (Lipinski definition) is 4. The molecule has 4 nitrogen and oxygen atoms in total. The Bertz CT molecular complexity index is 391. The summed E-state index contributed by atoms with van der Waals surface area (Å²) < 4.78 is 0.684. The van der Waals surface area contributed by atoms with Gasteiger partial charge >= 0.3 is 0 Å². The summed E-state index contributed by atoms with van der Waals surface area (Å²) in [5.41, 5.74) is 0. The molecule has 1 aromatic rings. The van der Waals surface area contributed by atoms with E-state index in [0.29, 0.717) is 21.4 Å². The van der Waals surface area contributed by atoms with Gasteiger partial charge in [-0.15, -0.1) is 0 Å². The average Bonchev–Trinajstić information content (AvgIpc) is 2.35. The number of nitrogens with one attached hydrogen (secondary N) is 1. The molecule has 2 unspecified atom stereocenters. The third-order valence-corrected chi connectivity index (χ3v) is 4.48. The molecular weight excluding hydrogens is 305 g/mol. The molecule has 1 aliphatic carbocycles.